The summed E-state index contributed by atoms with van der Waals surface area (Å²) in [7, 11) is 0. The van der Waals surface area contributed by atoms with Crippen LogP contribution in [0.3, 0.4) is 0 Å². The number of carbonyl (C=O) groups is 1. The molecule has 3 aromatic rings. The first kappa shape index (κ1) is 23.5. The van der Waals surface area contributed by atoms with Gasteiger partial charge in [-0.2, -0.15) is 0 Å². The fourth-order valence-electron chi connectivity index (χ4n) is 3.09. The van der Waals surface area contributed by atoms with Crippen molar-refractivity contribution in [2.45, 2.75) is 32.9 Å². The van der Waals surface area contributed by atoms with Crippen molar-refractivity contribution in [2.24, 2.45) is 0 Å². The van der Waals surface area contributed by atoms with E-state index in [0.717, 1.165) is 16.0 Å². The highest BCUT2D eigenvalue weighted by atomic mass is 35.5. The summed E-state index contributed by atoms with van der Waals surface area (Å²) >= 11 is 13.7. The van der Waals surface area contributed by atoms with Crippen LogP contribution in [-0.2, 0) is 16.1 Å². The number of benzene rings is 2. The standard InChI is InChI=1S/C23H24Cl2N2O3S/c1-3-30-20(29)11-12-27(14-16-7-5-4-6-8-16)23-26-21(22(31-23)15(2)28)17-9-10-18(24)19(25)13-17/h4-10,13,15,28H,3,11-12,14H2,1-2H3. The van der Waals surface area contributed by atoms with Gasteiger partial charge in [-0.25, -0.2) is 4.98 Å². The van der Waals surface area contributed by atoms with Crippen LogP contribution >= 0.6 is 34.5 Å². The Hall–Kier alpha value is -2.12. The number of hydrogen-bond donors (Lipinski definition) is 1. The number of nitrogens with zero attached hydrogens (tertiary/aromatic N) is 2. The fraction of sp³-hybridized carbons (Fsp3) is 0.304. The summed E-state index contributed by atoms with van der Waals surface area (Å²) in [6, 6.07) is 15.3. The van der Waals surface area contributed by atoms with Gasteiger partial charge in [0.15, 0.2) is 5.13 Å². The SMILES string of the molecule is CCOC(=O)CCN(Cc1ccccc1)c1nc(-c2ccc(Cl)c(Cl)c2)c(C(C)O)s1. The topological polar surface area (TPSA) is 62.7 Å². The molecule has 0 fully saturated rings. The van der Waals surface area contributed by atoms with E-state index in [1.165, 1.54) is 11.3 Å². The maximum absolute atomic E-state index is 12.0. The Morgan fingerprint density at radius 2 is 1.94 bits per heavy atom. The van der Waals surface area contributed by atoms with Crippen molar-refractivity contribution in [2.75, 3.05) is 18.1 Å². The highest BCUT2D eigenvalue weighted by Gasteiger charge is 2.22. The molecule has 1 N–H and O–H groups in total. The van der Waals surface area contributed by atoms with Crippen molar-refractivity contribution in [1.29, 1.82) is 0 Å². The number of halogens is 2. The van der Waals surface area contributed by atoms with Crippen molar-refractivity contribution in [3.63, 3.8) is 0 Å². The van der Waals surface area contributed by atoms with Crippen LogP contribution in [-0.4, -0.2) is 29.2 Å². The lowest BCUT2D eigenvalue weighted by atomic mass is 10.1. The summed E-state index contributed by atoms with van der Waals surface area (Å²) in [5, 5.41) is 12.0. The van der Waals surface area contributed by atoms with Gasteiger partial charge >= 0.3 is 5.97 Å². The molecule has 1 atom stereocenters. The van der Waals surface area contributed by atoms with Gasteiger partial charge in [0.1, 0.15) is 0 Å². The highest BCUT2D eigenvalue weighted by Crippen LogP contribution is 2.39. The van der Waals surface area contributed by atoms with E-state index in [0.29, 0.717) is 40.6 Å². The van der Waals surface area contributed by atoms with Crippen molar-refractivity contribution >= 4 is 45.6 Å². The van der Waals surface area contributed by atoms with E-state index in [1.807, 2.05) is 41.3 Å². The molecule has 0 saturated carbocycles. The van der Waals surface area contributed by atoms with Gasteiger partial charge in [0.05, 0.1) is 39.7 Å². The molecule has 0 saturated heterocycles. The molecule has 0 aliphatic heterocycles. The Morgan fingerprint density at radius 1 is 1.19 bits per heavy atom. The normalized spacial score (nSPS) is 11.9. The molecule has 31 heavy (non-hydrogen) atoms. The van der Waals surface area contributed by atoms with Crippen LogP contribution in [0.15, 0.2) is 48.5 Å². The second kappa shape index (κ2) is 11.0. The van der Waals surface area contributed by atoms with Gasteiger partial charge in [0.2, 0.25) is 0 Å². The zero-order valence-electron chi connectivity index (χ0n) is 17.3. The molecular formula is C23H24Cl2N2O3S. The monoisotopic (exact) mass is 478 g/mol. The molecule has 0 aliphatic rings. The van der Waals surface area contributed by atoms with Crippen LogP contribution in [0, 0.1) is 0 Å². The number of carbonyl (C=O) groups excluding carboxylic acids is 1. The molecule has 0 amide bonds. The average Bonchev–Trinajstić information content (AvgIpc) is 3.20. The molecule has 2 aromatic carbocycles. The molecule has 1 aromatic heterocycles. The summed E-state index contributed by atoms with van der Waals surface area (Å²) in [5.41, 5.74) is 2.52. The summed E-state index contributed by atoms with van der Waals surface area (Å²) in [5.74, 6) is -0.252. The molecule has 164 valence electrons. The smallest absolute Gasteiger partial charge is 0.307 e. The van der Waals surface area contributed by atoms with E-state index in [2.05, 4.69) is 0 Å². The molecule has 5 nitrogen and oxygen atoms in total. The van der Waals surface area contributed by atoms with Crippen molar-refractivity contribution in [3.8, 4) is 11.3 Å². The summed E-state index contributed by atoms with van der Waals surface area (Å²) < 4.78 is 5.09. The molecule has 0 aliphatic carbocycles. The fourth-order valence-corrected chi connectivity index (χ4v) is 4.44. The second-order valence-corrected chi connectivity index (χ2v) is 8.80. The molecule has 1 heterocycles. The van der Waals surface area contributed by atoms with Crippen LogP contribution in [0.2, 0.25) is 10.0 Å². The van der Waals surface area contributed by atoms with E-state index in [9.17, 15) is 9.90 Å². The third-order valence-electron chi connectivity index (χ3n) is 4.59. The quantitative estimate of drug-likeness (QED) is 0.374. The Labute approximate surface area is 196 Å². The summed E-state index contributed by atoms with van der Waals surface area (Å²) in [6.07, 6.45) is -0.467. The number of rotatable bonds is 9. The number of aliphatic hydroxyl groups excluding tert-OH is 1. The van der Waals surface area contributed by atoms with Gasteiger partial charge in [-0.05, 0) is 31.5 Å². The number of aromatic nitrogens is 1. The first-order valence-electron chi connectivity index (χ1n) is 9.97. The molecule has 8 heteroatoms. The van der Waals surface area contributed by atoms with Crippen LogP contribution in [0.1, 0.15) is 36.8 Å². The molecular weight excluding hydrogens is 455 g/mol. The van der Waals surface area contributed by atoms with Crippen LogP contribution in [0.4, 0.5) is 5.13 Å². The second-order valence-electron chi connectivity index (χ2n) is 6.98. The van der Waals surface area contributed by atoms with Gasteiger partial charge in [0.25, 0.3) is 0 Å². The lowest BCUT2D eigenvalue weighted by molar-refractivity contribution is -0.142. The number of esters is 1. The first-order valence-corrected chi connectivity index (χ1v) is 11.5. The minimum Gasteiger partial charge on any atom is -0.466 e. The van der Waals surface area contributed by atoms with Gasteiger partial charge in [0, 0.05) is 18.7 Å². The molecule has 1 unspecified atom stereocenters. The van der Waals surface area contributed by atoms with E-state index in [-0.39, 0.29) is 12.4 Å². The first-order chi connectivity index (χ1) is 14.9. The zero-order valence-corrected chi connectivity index (χ0v) is 19.7. The Bertz CT molecular complexity index is 1020. The van der Waals surface area contributed by atoms with Crippen molar-refractivity contribution in [3.05, 3.63) is 69.0 Å². The minimum atomic E-state index is -0.709. The maximum atomic E-state index is 12.0. The minimum absolute atomic E-state index is 0.242. The van der Waals surface area contributed by atoms with E-state index >= 15 is 0 Å². The van der Waals surface area contributed by atoms with Crippen LogP contribution in [0.25, 0.3) is 11.3 Å². The molecule has 0 bridgehead atoms. The number of anilines is 1. The van der Waals surface area contributed by atoms with Crippen molar-refractivity contribution < 1.29 is 14.6 Å². The number of thiazole rings is 1. The zero-order chi connectivity index (χ0) is 22.4. The van der Waals surface area contributed by atoms with Gasteiger partial charge < -0.3 is 14.7 Å². The predicted molar refractivity (Wildman–Crippen MR) is 127 cm³/mol. The third-order valence-corrected chi connectivity index (χ3v) is 6.62. The number of aliphatic hydroxyl groups is 1. The van der Waals surface area contributed by atoms with Gasteiger partial charge in [-0.15, -0.1) is 0 Å². The Kier molecular flexibility index (Phi) is 8.32. The maximum Gasteiger partial charge on any atom is 0.307 e. The lowest BCUT2D eigenvalue weighted by Gasteiger charge is -2.21. The van der Waals surface area contributed by atoms with E-state index < -0.39 is 6.10 Å². The largest absolute Gasteiger partial charge is 0.466 e. The van der Waals surface area contributed by atoms with Crippen molar-refractivity contribution in [1.82, 2.24) is 4.98 Å². The Balaban J connectivity index is 1.96. The molecule has 0 radical (unpaired) electrons. The number of ether oxygens (including phenoxy) is 1. The molecule has 3 rings (SSSR count). The lowest BCUT2D eigenvalue weighted by Crippen LogP contribution is -2.26. The van der Waals surface area contributed by atoms with Crippen LogP contribution < -0.4 is 4.90 Å². The Morgan fingerprint density at radius 3 is 2.58 bits per heavy atom. The van der Waals surface area contributed by atoms with Crippen LogP contribution in [0.5, 0.6) is 0 Å². The van der Waals surface area contributed by atoms with E-state index in [4.69, 9.17) is 32.9 Å². The van der Waals surface area contributed by atoms with Gasteiger partial charge in [-0.1, -0.05) is 70.9 Å². The summed E-state index contributed by atoms with van der Waals surface area (Å²) in [6.45, 7) is 4.87. The third kappa shape index (κ3) is 6.20. The number of hydrogen-bond acceptors (Lipinski definition) is 6. The van der Waals surface area contributed by atoms with E-state index in [1.54, 1.807) is 26.0 Å². The summed E-state index contributed by atoms with van der Waals surface area (Å²) in [4.78, 5) is 19.5. The molecule has 0 spiro atoms. The average molecular weight is 479 g/mol. The highest BCUT2D eigenvalue weighted by molar-refractivity contribution is 7.16. The predicted octanol–water partition coefficient (Wildman–Crippen LogP) is 6.13. The van der Waals surface area contributed by atoms with Gasteiger partial charge in [-0.3, -0.25) is 4.79 Å².